The van der Waals surface area contributed by atoms with Crippen LogP contribution in [0, 0.1) is 0 Å². The van der Waals surface area contributed by atoms with Gasteiger partial charge in [-0.25, -0.2) is 0 Å². The number of unbranched alkanes of at least 4 members (excludes halogenated alkanes) is 12. The molecule has 1 saturated heterocycles. The minimum absolute atomic E-state index is 0.134. The van der Waals surface area contributed by atoms with E-state index in [2.05, 4.69) is 51.9 Å². The number of carbonyl (C=O) groups excluding carboxylic acids is 1. The van der Waals surface area contributed by atoms with Crippen molar-refractivity contribution < 1.29 is 4.79 Å². The van der Waals surface area contributed by atoms with Crippen LogP contribution in [0.3, 0.4) is 0 Å². The second-order valence-electron chi connectivity index (χ2n) is 10.8. The molecule has 0 aromatic rings. The first-order valence-corrected chi connectivity index (χ1v) is 12.7. The molecule has 0 aromatic heterocycles. The van der Waals surface area contributed by atoms with Gasteiger partial charge in [-0.3, -0.25) is 9.69 Å². The van der Waals surface area contributed by atoms with Crippen LogP contribution in [0.15, 0.2) is 0 Å². The number of nitrogens with zero attached hydrogens (tertiary/aromatic N) is 1. The summed E-state index contributed by atoms with van der Waals surface area (Å²) in [5.41, 5.74) is 0.268. The quantitative estimate of drug-likeness (QED) is 0.290. The van der Waals surface area contributed by atoms with Crippen molar-refractivity contribution in [3.63, 3.8) is 0 Å². The van der Waals surface area contributed by atoms with Crippen LogP contribution in [0.5, 0.6) is 0 Å². The van der Waals surface area contributed by atoms with Gasteiger partial charge in [0.25, 0.3) is 0 Å². The number of carbonyl (C=O) groups is 1. The van der Waals surface area contributed by atoms with Crippen LogP contribution in [0.4, 0.5) is 0 Å². The zero-order chi connectivity index (χ0) is 21.8. The summed E-state index contributed by atoms with van der Waals surface area (Å²) in [5, 5.41) is 3.33. The third-order valence-corrected chi connectivity index (χ3v) is 7.18. The Morgan fingerprint density at radius 2 is 1.14 bits per heavy atom. The van der Waals surface area contributed by atoms with E-state index in [1.54, 1.807) is 0 Å². The highest BCUT2D eigenvalue weighted by atomic mass is 16.1. The Morgan fingerprint density at radius 1 is 0.759 bits per heavy atom. The Morgan fingerprint density at radius 3 is 1.55 bits per heavy atom. The monoisotopic (exact) mass is 408 g/mol. The fourth-order valence-electron chi connectivity index (χ4n) is 5.08. The maximum absolute atomic E-state index is 12.4. The zero-order valence-electron chi connectivity index (χ0n) is 20.7. The fraction of sp³-hybridized carbons (Fsp3) is 0.962. The number of nitrogens with one attached hydrogen (secondary N) is 1. The molecule has 172 valence electrons. The fourth-order valence-corrected chi connectivity index (χ4v) is 5.08. The number of likely N-dealkylation sites (tertiary alicyclic amines) is 1. The number of piperidine rings is 1. The van der Waals surface area contributed by atoms with Gasteiger partial charge in [0, 0.05) is 23.5 Å². The van der Waals surface area contributed by atoms with Crippen molar-refractivity contribution in [2.45, 2.75) is 154 Å². The van der Waals surface area contributed by atoms with Gasteiger partial charge in [-0.2, -0.15) is 0 Å². The first-order chi connectivity index (χ1) is 13.7. The van der Waals surface area contributed by atoms with E-state index < -0.39 is 0 Å². The lowest BCUT2D eigenvalue weighted by molar-refractivity contribution is -0.123. The molecule has 1 heterocycles. The molecule has 3 nitrogen and oxygen atoms in total. The van der Waals surface area contributed by atoms with E-state index in [4.69, 9.17) is 0 Å². The van der Waals surface area contributed by atoms with Gasteiger partial charge >= 0.3 is 0 Å². The largest absolute Gasteiger partial charge is 0.353 e. The van der Waals surface area contributed by atoms with Gasteiger partial charge in [-0.15, -0.1) is 0 Å². The minimum atomic E-state index is 0.134. The molecule has 0 radical (unpaired) electrons. The SMILES string of the molecule is CCCCCCCCCCCCCCCC(=O)NC1CC(C)(C)N(C)C(C)(C)C1. The molecule has 1 fully saturated rings. The van der Waals surface area contributed by atoms with Crippen LogP contribution in [0.1, 0.15) is 137 Å². The lowest BCUT2D eigenvalue weighted by Gasteiger charge is -2.53. The van der Waals surface area contributed by atoms with Gasteiger partial charge in [-0.1, -0.05) is 84.0 Å². The number of hydrogen-bond acceptors (Lipinski definition) is 2. The second kappa shape index (κ2) is 13.7. The van der Waals surface area contributed by atoms with Crippen molar-refractivity contribution in [2.75, 3.05) is 7.05 Å². The van der Waals surface area contributed by atoms with Crippen LogP contribution < -0.4 is 5.32 Å². The van der Waals surface area contributed by atoms with Crippen LogP contribution in [0.25, 0.3) is 0 Å². The normalized spacial score (nSPS) is 19.4. The van der Waals surface area contributed by atoms with Gasteiger partial charge in [0.05, 0.1) is 0 Å². The third kappa shape index (κ3) is 10.9. The highest BCUT2D eigenvalue weighted by molar-refractivity contribution is 5.76. The topological polar surface area (TPSA) is 32.3 Å². The van der Waals surface area contributed by atoms with E-state index in [9.17, 15) is 4.79 Å². The number of hydrogen-bond donors (Lipinski definition) is 1. The average molecular weight is 409 g/mol. The Hall–Kier alpha value is -0.570. The first kappa shape index (κ1) is 26.5. The predicted octanol–water partition coefficient (Wildman–Crippen LogP) is 7.24. The molecule has 1 aliphatic rings. The van der Waals surface area contributed by atoms with E-state index in [-0.39, 0.29) is 17.0 Å². The van der Waals surface area contributed by atoms with Crippen molar-refractivity contribution in [3.05, 3.63) is 0 Å². The lowest BCUT2D eigenvalue weighted by atomic mass is 9.77. The van der Waals surface area contributed by atoms with Gasteiger partial charge in [0.2, 0.25) is 5.91 Å². The summed E-state index contributed by atoms with van der Waals surface area (Å²) < 4.78 is 0. The molecule has 0 unspecified atom stereocenters. The number of rotatable bonds is 15. The van der Waals surface area contributed by atoms with Crippen LogP contribution >= 0.6 is 0 Å². The molecule has 3 heteroatoms. The van der Waals surface area contributed by atoms with Gasteiger partial charge in [0.15, 0.2) is 0 Å². The van der Waals surface area contributed by atoms with Crippen molar-refractivity contribution in [3.8, 4) is 0 Å². The molecule has 29 heavy (non-hydrogen) atoms. The highest BCUT2D eigenvalue weighted by Crippen LogP contribution is 2.36. The van der Waals surface area contributed by atoms with E-state index in [1.807, 2.05) is 0 Å². The molecular formula is C26H52N2O. The molecular weight excluding hydrogens is 356 g/mol. The molecule has 1 N–H and O–H groups in total. The summed E-state index contributed by atoms with van der Waals surface area (Å²) in [5.74, 6) is 0.259. The maximum Gasteiger partial charge on any atom is 0.220 e. The van der Waals surface area contributed by atoms with Crippen molar-refractivity contribution in [2.24, 2.45) is 0 Å². The lowest BCUT2D eigenvalue weighted by Crippen LogP contribution is -2.62. The summed E-state index contributed by atoms with van der Waals surface area (Å²) in [6.45, 7) is 11.4. The van der Waals surface area contributed by atoms with Crippen LogP contribution in [-0.2, 0) is 4.79 Å². The Kier molecular flexibility index (Phi) is 12.5. The van der Waals surface area contributed by atoms with E-state index >= 15 is 0 Å². The average Bonchev–Trinajstić information content (AvgIpc) is 2.63. The summed E-state index contributed by atoms with van der Waals surface area (Å²) in [6, 6.07) is 0.311. The molecule has 1 amide bonds. The van der Waals surface area contributed by atoms with Gasteiger partial charge in [0.1, 0.15) is 0 Å². The van der Waals surface area contributed by atoms with Gasteiger partial charge < -0.3 is 5.32 Å². The molecule has 1 aliphatic heterocycles. The second-order valence-corrected chi connectivity index (χ2v) is 10.8. The smallest absolute Gasteiger partial charge is 0.220 e. The van der Waals surface area contributed by atoms with E-state index in [0.29, 0.717) is 12.5 Å². The Bertz CT molecular complexity index is 426. The number of amides is 1. The summed E-state index contributed by atoms with van der Waals surface area (Å²) in [4.78, 5) is 14.9. The van der Waals surface area contributed by atoms with Crippen molar-refractivity contribution in [1.29, 1.82) is 0 Å². The molecule has 0 saturated carbocycles. The molecule has 0 aliphatic carbocycles. The summed E-state index contributed by atoms with van der Waals surface area (Å²) in [6.07, 6.45) is 20.3. The highest BCUT2D eigenvalue weighted by Gasteiger charge is 2.43. The minimum Gasteiger partial charge on any atom is -0.353 e. The molecule has 0 aromatic carbocycles. The molecule has 0 bridgehead atoms. The maximum atomic E-state index is 12.4. The van der Waals surface area contributed by atoms with Crippen molar-refractivity contribution in [1.82, 2.24) is 10.2 Å². The van der Waals surface area contributed by atoms with Crippen molar-refractivity contribution >= 4 is 5.91 Å². The first-order valence-electron chi connectivity index (χ1n) is 12.7. The van der Waals surface area contributed by atoms with Crippen LogP contribution in [-0.4, -0.2) is 35.0 Å². The van der Waals surface area contributed by atoms with E-state index in [0.717, 1.165) is 19.3 Å². The summed E-state index contributed by atoms with van der Waals surface area (Å²) in [7, 11) is 2.21. The molecule has 0 atom stereocenters. The Balaban J connectivity index is 2.01. The van der Waals surface area contributed by atoms with Gasteiger partial charge in [-0.05, 0) is 54.0 Å². The molecule has 0 spiro atoms. The third-order valence-electron chi connectivity index (χ3n) is 7.18. The molecule has 1 rings (SSSR count). The van der Waals surface area contributed by atoms with E-state index in [1.165, 1.54) is 77.0 Å². The standard InChI is InChI=1S/C26H52N2O/c1-7-8-9-10-11-12-13-14-15-16-17-18-19-20-24(29)27-23-21-25(2,3)28(6)26(4,5)22-23/h23H,7-22H2,1-6H3,(H,27,29). The predicted molar refractivity (Wildman–Crippen MR) is 127 cm³/mol. The van der Waals surface area contributed by atoms with Crippen LogP contribution in [0.2, 0.25) is 0 Å². The Labute approximate surface area is 182 Å². The summed E-state index contributed by atoms with van der Waals surface area (Å²) >= 11 is 0. The zero-order valence-corrected chi connectivity index (χ0v) is 20.7.